The van der Waals surface area contributed by atoms with Crippen molar-refractivity contribution in [1.29, 1.82) is 0 Å². The number of phenolic OH excluding ortho intramolecular Hbond substituents is 1. The van der Waals surface area contributed by atoms with Crippen LogP contribution in [-0.4, -0.2) is 27.6 Å². The molecule has 0 aromatic heterocycles. The van der Waals surface area contributed by atoms with Crippen molar-refractivity contribution >= 4 is 11.9 Å². The predicted molar refractivity (Wildman–Crippen MR) is 71.3 cm³/mol. The van der Waals surface area contributed by atoms with Gasteiger partial charge in [-0.1, -0.05) is 25.5 Å². The Labute approximate surface area is 112 Å². The first kappa shape index (κ1) is 15.0. The van der Waals surface area contributed by atoms with Crippen molar-refractivity contribution in [2.24, 2.45) is 0 Å². The third kappa shape index (κ3) is 3.24. The molecule has 104 valence electrons. The topological polar surface area (TPSA) is 86.6 Å². The van der Waals surface area contributed by atoms with Crippen molar-refractivity contribution in [2.75, 3.05) is 0 Å². The number of aliphatic carboxylic acids is 1. The van der Waals surface area contributed by atoms with Gasteiger partial charge < -0.3 is 15.5 Å². The van der Waals surface area contributed by atoms with Gasteiger partial charge >= 0.3 is 5.97 Å². The Bertz CT molecular complexity index is 498. The molecule has 3 N–H and O–H groups in total. The molecule has 0 radical (unpaired) electrons. The summed E-state index contributed by atoms with van der Waals surface area (Å²) in [4.78, 5) is 23.3. The van der Waals surface area contributed by atoms with Crippen molar-refractivity contribution in [3.63, 3.8) is 0 Å². The number of hydrogen-bond donors (Lipinski definition) is 3. The fourth-order valence-electron chi connectivity index (χ4n) is 1.88. The molecule has 0 aliphatic carbocycles. The van der Waals surface area contributed by atoms with E-state index in [9.17, 15) is 19.8 Å². The maximum absolute atomic E-state index is 12.1. The maximum Gasteiger partial charge on any atom is 0.329 e. The summed E-state index contributed by atoms with van der Waals surface area (Å²) in [6.07, 6.45) is 0.948. The van der Waals surface area contributed by atoms with Crippen LogP contribution in [0.5, 0.6) is 5.75 Å². The molecule has 0 bridgehead atoms. The second-order valence-corrected chi connectivity index (χ2v) is 4.81. The predicted octanol–water partition coefficient (Wildman–Crippen LogP) is 2.07. The Morgan fingerprint density at radius 3 is 2.53 bits per heavy atom. The lowest BCUT2D eigenvalue weighted by Crippen LogP contribution is -2.52. The molecule has 0 saturated heterocycles. The van der Waals surface area contributed by atoms with Crippen LogP contribution in [0.4, 0.5) is 0 Å². The lowest BCUT2D eigenvalue weighted by molar-refractivity contribution is -0.144. The van der Waals surface area contributed by atoms with E-state index >= 15 is 0 Å². The van der Waals surface area contributed by atoms with E-state index in [0.717, 1.165) is 0 Å². The standard InChI is InChI=1S/C14H19NO4/c1-4-8-14(3,13(18)19)15-12(17)10-7-5-6-9(2)11(10)16/h5-7,16H,4,8H2,1-3H3,(H,15,17)(H,18,19). The molecule has 0 heterocycles. The first-order valence-corrected chi connectivity index (χ1v) is 6.16. The molecule has 19 heavy (non-hydrogen) atoms. The normalized spacial score (nSPS) is 13.6. The van der Waals surface area contributed by atoms with Gasteiger partial charge in [0.25, 0.3) is 5.91 Å². The number of nitrogens with one attached hydrogen (secondary N) is 1. The van der Waals surface area contributed by atoms with Gasteiger partial charge in [-0.15, -0.1) is 0 Å². The highest BCUT2D eigenvalue weighted by atomic mass is 16.4. The zero-order valence-corrected chi connectivity index (χ0v) is 11.4. The van der Waals surface area contributed by atoms with Gasteiger partial charge in [0.15, 0.2) is 0 Å². The minimum absolute atomic E-state index is 0.0866. The molecule has 0 saturated carbocycles. The minimum atomic E-state index is -1.33. The molecular weight excluding hydrogens is 246 g/mol. The highest BCUT2D eigenvalue weighted by molar-refractivity contribution is 6.00. The quantitative estimate of drug-likeness (QED) is 0.760. The highest BCUT2D eigenvalue weighted by Gasteiger charge is 2.34. The Morgan fingerprint density at radius 2 is 2.00 bits per heavy atom. The van der Waals surface area contributed by atoms with Gasteiger partial charge in [-0.2, -0.15) is 0 Å². The van der Waals surface area contributed by atoms with Crippen LogP contribution < -0.4 is 5.32 Å². The first-order valence-electron chi connectivity index (χ1n) is 6.16. The van der Waals surface area contributed by atoms with E-state index in [1.54, 1.807) is 19.1 Å². The van der Waals surface area contributed by atoms with Gasteiger partial charge in [0.2, 0.25) is 0 Å². The molecular formula is C14H19NO4. The summed E-state index contributed by atoms with van der Waals surface area (Å²) in [5, 5.41) is 21.5. The van der Waals surface area contributed by atoms with Gasteiger partial charge in [-0.3, -0.25) is 4.79 Å². The van der Waals surface area contributed by atoms with Crippen LogP contribution >= 0.6 is 0 Å². The number of aromatic hydroxyl groups is 1. The molecule has 0 spiro atoms. The van der Waals surface area contributed by atoms with Gasteiger partial charge in [0.1, 0.15) is 11.3 Å². The molecule has 5 nitrogen and oxygen atoms in total. The summed E-state index contributed by atoms with van der Waals surface area (Å²) in [5.41, 5.74) is -0.675. The molecule has 1 rings (SSSR count). The average molecular weight is 265 g/mol. The number of carboxylic acid groups (broad SMARTS) is 1. The van der Waals surface area contributed by atoms with E-state index < -0.39 is 17.4 Å². The molecule has 1 amide bonds. The Morgan fingerprint density at radius 1 is 1.37 bits per heavy atom. The number of benzene rings is 1. The summed E-state index contributed by atoms with van der Waals surface area (Å²) in [6, 6.07) is 4.78. The molecule has 1 aromatic rings. The van der Waals surface area contributed by atoms with Crippen LogP contribution in [0.15, 0.2) is 18.2 Å². The van der Waals surface area contributed by atoms with E-state index in [4.69, 9.17) is 0 Å². The third-order valence-corrected chi connectivity index (χ3v) is 3.09. The number of phenols is 1. The molecule has 1 atom stereocenters. The van der Waals surface area contributed by atoms with Gasteiger partial charge in [-0.25, -0.2) is 4.79 Å². The number of rotatable bonds is 5. The van der Waals surface area contributed by atoms with E-state index in [1.807, 2.05) is 6.92 Å². The van der Waals surface area contributed by atoms with Crippen LogP contribution in [0, 0.1) is 6.92 Å². The number of carboxylic acids is 1. The smallest absolute Gasteiger partial charge is 0.329 e. The van der Waals surface area contributed by atoms with Crippen LogP contribution in [0.3, 0.4) is 0 Å². The van der Waals surface area contributed by atoms with Crippen LogP contribution in [-0.2, 0) is 4.79 Å². The van der Waals surface area contributed by atoms with Gasteiger partial charge in [0.05, 0.1) is 5.56 Å². The lowest BCUT2D eigenvalue weighted by atomic mass is 9.95. The zero-order valence-electron chi connectivity index (χ0n) is 11.4. The zero-order chi connectivity index (χ0) is 14.6. The van der Waals surface area contributed by atoms with E-state index in [2.05, 4.69) is 5.32 Å². The fourth-order valence-corrected chi connectivity index (χ4v) is 1.88. The van der Waals surface area contributed by atoms with Crippen LogP contribution in [0.2, 0.25) is 0 Å². The Hall–Kier alpha value is -2.04. The van der Waals surface area contributed by atoms with Crippen molar-refractivity contribution < 1.29 is 19.8 Å². The fraction of sp³-hybridized carbons (Fsp3) is 0.429. The summed E-state index contributed by atoms with van der Waals surface area (Å²) >= 11 is 0. The molecule has 0 fully saturated rings. The van der Waals surface area contributed by atoms with Crippen molar-refractivity contribution in [2.45, 2.75) is 39.2 Å². The van der Waals surface area contributed by atoms with Crippen molar-refractivity contribution in [3.05, 3.63) is 29.3 Å². The number of aryl methyl sites for hydroxylation is 1. The van der Waals surface area contributed by atoms with Crippen molar-refractivity contribution in [1.82, 2.24) is 5.32 Å². The highest BCUT2D eigenvalue weighted by Crippen LogP contribution is 2.22. The Kier molecular flexibility index (Phi) is 4.53. The largest absolute Gasteiger partial charge is 0.507 e. The van der Waals surface area contributed by atoms with Crippen LogP contribution in [0.25, 0.3) is 0 Å². The number of carbonyl (C=O) groups is 2. The first-order chi connectivity index (χ1) is 8.81. The van der Waals surface area contributed by atoms with Gasteiger partial charge in [-0.05, 0) is 31.9 Å². The molecule has 0 aliphatic heterocycles. The summed E-state index contributed by atoms with van der Waals surface area (Å²) in [7, 11) is 0. The lowest BCUT2D eigenvalue weighted by Gasteiger charge is -2.26. The molecule has 0 aliphatic rings. The second kappa shape index (κ2) is 5.73. The summed E-state index contributed by atoms with van der Waals surface area (Å²) in [6.45, 7) is 4.98. The number of amides is 1. The van der Waals surface area contributed by atoms with Crippen LogP contribution in [0.1, 0.15) is 42.6 Å². The molecule has 1 unspecified atom stereocenters. The molecule has 1 aromatic carbocycles. The SMILES string of the molecule is CCCC(C)(NC(=O)c1cccc(C)c1O)C(=O)O. The number of para-hydroxylation sites is 1. The Balaban J connectivity index is 3.01. The summed E-state index contributed by atoms with van der Waals surface area (Å²) in [5.74, 6) is -1.79. The average Bonchev–Trinajstić information content (AvgIpc) is 2.32. The summed E-state index contributed by atoms with van der Waals surface area (Å²) < 4.78 is 0. The minimum Gasteiger partial charge on any atom is -0.507 e. The number of carbonyl (C=O) groups excluding carboxylic acids is 1. The monoisotopic (exact) mass is 265 g/mol. The number of hydrogen-bond acceptors (Lipinski definition) is 3. The third-order valence-electron chi connectivity index (χ3n) is 3.09. The molecule has 5 heteroatoms. The van der Waals surface area contributed by atoms with E-state index in [-0.39, 0.29) is 11.3 Å². The second-order valence-electron chi connectivity index (χ2n) is 4.81. The maximum atomic E-state index is 12.1. The van der Waals surface area contributed by atoms with E-state index in [0.29, 0.717) is 18.4 Å². The van der Waals surface area contributed by atoms with Crippen molar-refractivity contribution in [3.8, 4) is 5.75 Å². The van der Waals surface area contributed by atoms with Gasteiger partial charge in [0, 0.05) is 0 Å². The van der Waals surface area contributed by atoms with E-state index in [1.165, 1.54) is 13.0 Å².